The van der Waals surface area contributed by atoms with Gasteiger partial charge in [-0.15, -0.1) is 0 Å². The number of hydrogen-bond acceptors (Lipinski definition) is 3. The van der Waals surface area contributed by atoms with Crippen LogP contribution in [0.25, 0.3) is 0 Å². The van der Waals surface area contributed by atoms with Crippen molar-refractivity contribution in [3.63, 3.8) is 0 Å². The largest absolute Gasteiger partial charge is 0.478 e. The topological polar surface area (TPSA) is 78.2 Å². The van der Waals surface area contributed by atoms with Crippen molar-refractivity contribution in [1.29, 1.82) is 5.26 Å². The maximum Gasteiger partial charge on any atom is 0.336 e. The second-order valence-corrected chi connectivity index (χ2v) is 6.14. The molecule has 0 radical (unpaired) electrons. The zero-order chi connectivity index (χ0) is 13.8. The van der Waals surface area contributed by atoms with Gasteiger partial charge in [0.15, 0.2) is 0 Å². The number of benzene rings is 1. The lowest BCUT2D eigenvalue weighted by Gasteiger charge is -2.14. The minimum absolute atomic E-state index is 0.0607. The number of carboxylic acid groups (broad SMARTS) is 1. The van der Waals surface area contributed by atoms with Crippen molar-refractivity contribution < 1.29 is 14.1 Å². The zero-order valence-electron chi connectivity index (χ0n) is 10.3. The predicted molar refractivity (Wildman–Crippen MR) is 68.7 cm³/mol. The highest BCUT2D eigenvalue weighted by Gasteiger charge is 2.20. The fourth-order valence-corrected chi connectivity index (χ4v) is 2.90. The van der Waals surface area contributed by atoms with E-state index >= 15 is 0 Å². The van der Waals surface area contributed by atoms with Crippen LogP contribution in [-0.4, -0.2) is 21.0 Å². The van der Waals surface area contributed by atoms with Crippen LogP contribution in [0.5, 0.6) is 0 Å². The highest BCUT2D eigenvalue weighted by atomic mass is 32.2. The number of nitrogens with zero attached hydrogens (tertiary/aromatic N) is 1. The number of rotatable bonds is 5. The van der Waals surface area contributed by atoms with Crippen molar-refractivity contribution >= 4 is 16.8 Å². The molecule has 96 valence electrons. The van der Waals surface area contributed by atoms with E-state index in [1.54, 1.807) is 32.0 Å². The van der Waals surface area contributed by atoms with Crippen LogP contribution >= 0.6 is 0 Å². The fraction of sp³-hybridized carbons (Fsp3) is 0.385. The summed E-state index contributed by atoms with van der Waals surface area (Å²) in [5.41, 5.74) is -0.487. The van der Waals surface area contributed by atoms with Crippen molar-refractivity contribution in [3.8, 4) is 6.07 Å². The third kappa shape index (κ3) is 3.67. The van der Waals surface area contributed by atoms with Crippen LogP contribution in [-0.2, 0) is 10.8 Å². The number of nitriles is 1. The van der Waals surface area contributed by atoms with Crippen molar-refractivity contribution in [1.82, 2.24) is 0 Å². The van der Waals surface area contributed by atoms with Crippen molar-refractivity contribution in [3.05, 3.63) is 29.8 Å². The van der Waals surface area contributed by atoms with E-state index in [1.807, 2.05) is 0 Å². The third-order valence-corrected chi connectivity index (χ3v) is 4.00. The third-order valence-electron chi connectivity index (χ3n) is 2.58. The van der Waals surface area contributed by atoms with Crippen LogP contribution < -0.4 is 0 Å². The molecule has 1 rings (SSSR count). The van der Waals surface area contributed by atoms with Gasteiger partial charge in [-0.2, -0.15) is 5.26 Å². The Morgan fingerprint density at radius 3 is 2.61 bits per heavy atom. The second kappa shape index (κ2) is 5.78. The van der Waals surface area contributed by atoms with Gasteiger partial charge in [0.1, 0.15) is 0 Å². The molecule has 1 aromatic carbocycles. The van der Waals surface area contributed by atoms with Gasteiger partial charge < -0.3 is 5.11 Å². The average molecular weight is 265 g/mol. The Labute approximate surface area is 109 Å². The Morgan fingerprint density at radius 1 is 1.44 bits per heavy atom. The van der Waals surface area contributed by atoms with Crippen LogP contribution in [0.1, 0.15) is 30.6 Å². The zero-order valence-corrected chi connectivity index (χ0v) is 11.2. The molecule has 0 spiro atoms. The van der Waals surface area contributed by atoms with E-state index < -0.39 is 22.2 Å². The first-order valence-electron chi connectivity index (χ1n) is 5.49. The van der Waals surface area contributed by atoms with Crippen LogP contribution in [0.4, 0.5) is 0 Å². The maximum atomic E-state index is 12.1. The van der Waals surface area contributed by atoms with E-state index in [1.165, 1.54) is 6.07 Å². The fourth-order valence-electron chi connectivity index (χ4n) is 1.36. The van der Waals surface area contributed by atoms with Crippen LogP contribution in [0.2, 0.25) is 0 Å². The standard InChI is InChI=1S/C13H15NO3S/c1-13(2,9-14)7-8-18(17)11-6-4-3-5-10(11)12(15)16/h3-6H,7-8H2,1-2H3,(H,15,16). The molecule has 0 aromatic heterocycles. The first-order chi connectivity index (χ1) is 8.37. The molecule has 1 atom stereocenters. The molecule has 1 N–H and O–H groups in total. The Morgan fingerprint density at radius 2 is 2.06 bits per heavy atom. The Bertz CT molecular complexity index is 517. The first-order valence-corrected chi connectivity index (χ1v) is 6.81. The van der Waals surface area contributed by atoms with Gasteiger partial charge in [0.05, 0.1) is 32.7 Å². The molecule has 4 nitrogen and oxygen atoms in total. The first kappa shape index (κ1) is 14.4. The van der Waals surface area contributed by atoms with E-state index in [0.29, 0.717) is 11.3 Å². The molecule has 0 bridgehead atoms. The molecular formula is C13H15NO3S. The molecule has 0 saturated heterocycles. The normalized spacial score (nSPS) is 12.7. The highest BCUT2D eigenvalue weighted by molar-refractivity contribution is 7.85. The summed E-state index contributed by atoms with van der Waals surface area (Å²) >= 11 is 0. The Kier molecular flexibility index (Phi) is 4.62. The van der Waals surface area contributed by atoms with Crippen LogP contribution in [0, 0.1) is 16.7 Å². The summed E-state index contributed by atoms with van der Waals surface area (Å²) in [5, 5.41) is 17.9. The lowest BCUT2D eigenvalue weighted by atomic mass is 9.93. The smallest absolute Gasteiger partial charge is 0.336 e. The van der Waals surface area contributed by atoms with E-state index in [2.05, 4.69) is 6.07 Å². The molecule has 0 amide bonds. The molecule has 0 saturated carbocycles. The van der Waals surface area contributed by atoms with Gasteiger partial charge in [-0.25, -0.2) is 4.79 Å². The molecule has 18 heavy (non-hydrogen) atoms. The molecule has 0 fully saturated rings. The van der Waals surface area contributed by atoms with Crippen molar-refractivity contribution in [2.45, 2.75) is 25.2 Å². The summed E-state index contributed by atoms with van der Waals surface area (Å²) in [4.78, 5) is 11.3. The second-order valence-electron chi connectivity index (χ2n) is 4.60. The van der Waals surface area contributed by atoms with Gasteiger partial charge in [-0.3, -0.25) is 4.21 Å². The van der Waals surface area contributed by atoms with Gasteiger partial charge in [0.2, 0.25) is 0 Å². The minimum atomic E-state index is -1.40. The quantitative estimate of drug-likeness (QED) is 0.886. The molecule has 0 aliphatic heterocycles. The monoisotopic (exact) mass is 265 g/mol. The number of aromatic carboxylic acids is 1. The maximum absolute atomic E-state index is 12.1. The number of hydrogen-bond donors (Lipinski definition) is 1. The average Bonchev–Trinajstić information content (AvgIpc) is 2.36. The molecule has 1 aromatic rings. The lowest BCUT2D eigenvalue weighted by molar-refractivity contribution is 0.0693. The van der Waals surface area contributed by atoms with E-state index in [4.69, 9.17) is 10.4 Å². The number of carbonyl (C=O) groups is 1. The van der Waals surface area contributed by atoms with Gasteiger partial charge in [-0.1, -0.05) is 12.1 Å². The SMILES string of the molecule is CC(C)(C#N)CCS(=O)c1ccccc1C(=O)O. The van der Waals surface area contributed by atoms with Crippen LogP contribution in [0.15, 0.2) is 29.2 Å². The molecule has 1 unspecified atom stereocenters. The predicted octanol–water partition coefficient (Wildman–Crippen LogP) is 2.43. The summed E-state index contributed by atoms with van der Waals surface area (Å²) in [6.45, 7) is 3.54. The minimum Gasteiger partial charge on any atom is -0.478 e. The van der Waals surface area contributed by atoms with Crippen molar-refractivity contribution in [2.24, 2.45) is 5.41 Å². The summed E-state index contributed by atoms with van der Waals surface area (Å²) in [6, 6.07) is 8.39. The molecule has 0 heterocycles. The molecule has 5 heteroatoms. The van der Waals surface area contributed by atoms with Gasteiger partial charge in [0, 0.05) is 5.75 Å². The summed E-state index contributed by atoms with van der Waals surface area (Å²) in [5.74, 6) is -0.802. The van der Waals surface area contributed by atoms with Crippen molar-refractivity contribution in [2.75, 3.05) is 5.75 Å². The Balaban J connectivity index is 2.86. The van der Waals surface area contributed by atoms with Gasteiger partial charge in [0.25, 0.3) is 0 Å². The molecule has 0 aliphatic rings. The van der Waals surface area contributed by atoms with E-state index in [0.717, 1.165) is 0 Å². The molecular weight excluding hydrogens is 250 g/mol. The van der Waals surface area contributed by atoms with Gasteiger partial charge in [-0.05, 0) is 32.4 Å². The van der Waals surface area contributed by atoms with E-state index in [9.17, 15) is 9.00 Å². The van der Waals surface area contributed by atoms with Gasteiger partial charge >= 0.3 is 5.97 Å². The van der Waals surface area contributed by atoms with E-state index in [-0.39, 0.29) is 11.3 Å². The highest BCUT2D eigenvalue weighted by Crippen LogP contribution is 2.22. The number of carboxylic acids is 1. The summed E-state index contributed by atoms with van der Waals surface area (Å²) in [6.07, 6.45) is 0.462. The Hall–Kier alpha value is -1.67. The summed E-state index contributed by atoms with van der Waals surface area (Å²) < 4.78 is 12.1. The lowest BCUT2D eigenvalue weighted by Crippen LogP contribution is -2.14. The summed E-state index contributed by atoms with van der Waals surface area (Å²) in [7, 11) is -1.40. The molecule has 0 aliphatic carbocycles. The van der Waals surface area contributed by atoms with Crippen LogP contribution in [0.3, 0.4) is 0 Å².